The van der Waals surface area contributed by atoms with Gasteiger partial charge in [0.1, 0.15) is 11.6 Å². The Kier molecular flexibility index (Phi) is 6.09. The third kappa shape index (κ3) is 4.87. The summed E-state index contributed by atoms with van der Waals surface area (Å²) in [5.41, 5.74) is -0.147. The van der Waals surface area contributed by atoms with Gasteiger partial charge in [0.25, 0.3) is 11.6 Å². The second-order valence-corrected chi connectivity index (χ2v) is 8.22. The predicted octanol–water partition coefficient (Wildman–Crippen LogP) is 1.65. The molecule has 1 heterocycles. The molecule has 29 heavy (non-hydrogen) atoms. The average Bonchev–Trinajstić information content (AvgIpc) is 2.72. The lowest BCUT2D eigenvalue weighted by atomic mass is 10.3. The first kappa shape index (κ1) is 20.7. The van der Waals surface area contributed by atoms with Crippen LogP contribution in [-0.4, -0.2) is 61.2 Å². The van der Waals surface area contributed by atoms with Crippen LogP contribution in [0.3, 0.4) is 0 Å². The highest BCUT2D eigenvalue weighted by Gasteiger charge is 2.30. The second kappa shape index (κ2) is 8.53. The van der Waals surface area contributed by atoms with Crippen LogP contribution in [0, 0.1) is 15.9 Å². The minimum atomic E-state index is -3.84. The summed E-state index contributed by atoms with van der Waals surface area (Å²) in [5.74, 6) is -0.808. The SMILES string of the molecule is O=C(COc1cccc([N+](=O)[O-])c1)N1CCN(S(=O)(=O)c2cccc(F)c2)CC1. The topological polar surface area (TPSA) is 110 Å². The van der Waals surface area contributed by atoms with Crippen molar-refractivity contribution in [3.63, 3.8) is 0 Å². The smallest absolute Gasteiger partial charge is 0.273 e. The molecular formula is C18H18FN3O6S. The van der Waals surface area contributed by atoms with Gasteiger partial charge in [-0.05, 0) is 24.3 Å². The molecule has 2 aromatic rings. The molecule has 3 rings (SSSR count). The molecule has 2 aromatic carbocycles. The first-order chi connectivity index (χ1) is 13.8. The van der Waals surface area contributed by atoms with E-state index in [1.54, 1.807) is 0 Å². The van der Waals surface area contributed by atoms with Gasteiger partial charge >= 0.3 is 0 Å². The number of sulfonamides is 1. The number of piperazine rings is 1. The van der Waals surface area contributed by atoms with E-state index >= 15 is 0 Å². The molecule has 0 spiro atoms. The average molecular weight is 423 g/mol. The molecule has 9 nitrogen and oxygen atoms in total. The van der Waals surface area contributed by atoms with Crippen molar-refractivity contribution < 1.29 is 27.3 Å². The van der Waals surface area contributed by atoms with Gasteiger partial charge in [0.2, 0.25) is 10.0 Å². The number of carbonyl (C=O) groups excluding carboxylic acids is 1. The van der Waals surface area contributed by atoms with Crippen LogP contribution in [-0.2, 0) is 14.8 Å². The fraction of sp³-hybridized carbons (Fsp3) is 0.278. The second-order valence-electron chi connectivity index (χ2n) is 6.29. The van der Waals surface area contributed by atoms with Gasteiger partial charge in [-0.15, -0.1) is 0 Å². The van der Waals surface area contributed by atoms with Gasteiger partial charge in [0.15, 0.2) is 6.61 Å². The zero-order chi connectivity index (χ0) is 21.0. The molecule has 0 radical (unpaired) electrons. The van der Waals surface area contributed by atoms with Gasteiger partial charge in [-0.1, -0.05) is 12.1 Å². The van der Waals surface area contributed by atoms with Gasteiger partial charge in [-0.25, -0.2) is 12.8 Å². The zero-order valence-electron chi connectivity index (χ0n) is 15.2. The molecule has 0 saturated carbocycles. The third-order valence-electron chi connectivity index (χ3n) is 4.42. The van der Waals surface area contributed by atoms with Crippen LogP contribution in [0.4, 0.5) is 10.1 Å². The van der Waals surface area contributed by atoms with Crippen molar-refractivity contribution >= 4 is 21.6 Å². The molecular weight excluding hydrogens is 405 g/mol. The van der Waals surface area contributed by atoms with Crippen molar-refractivity contribution in [1.29, 1.82) is 0 Å². The highest BCUT2D eigenvalue weighted by Crippen LogP contribution is 2.20. The van der Waals surface area contributed by atoms with E-state index in [2.05, 4.69) is 0 Å². The highest BCUT2D eigenvalue weighted by molar-refractivity contribution is 7.89. The molecule has 0 atom stereocenters. The van der Waals surface area contributed by atoms with E-state index < -0.39 is 20.8 Å². The van der Waals surface area contributed by atoms with Crippen LogP contribution >= 0.6 is 0 Å². The number of benzene rings is 2. The molecule has 0 N–H and O–H groups in total. The van der Waals surface area contributed by atoms with Gasteiger partial charge in [0.05, 0.1) is 15.9 Å². The van der Waals surface area contributed by atoms with Crippen LogP contribution in [0.5, 0.6) is 5.75 Å². The lowest BCUT2D eigenvalue weighted by Gasteiger charge is -2.33. The first-order valence-electron chi connectivity index (χ1n) is 8.68. The van der Waals surface area contributed by atoms with E-state index in [9.17, 15) is 27.7 Å². The Labute approximate surface area is 166 Å². The Bertz CT molecular complexity index is 1020. The highest BCUT2D eigenvalue weighted by atomic mass is 32.2. The van der Waals surface area contributed by atoms with E-state index in [-0.39, 0.29) is 55.0 Å². The Morgan fingerprint density at radius 3 is 2.45 bits per heavy atom. The van der Waals surface area contributed by atoms with Crippen LogP contribution in [0.2, 0.25) is 0 Å². The number of hydrogen-bond donors (Lipinski definition) is 0. The summed E-state index contributed by atoms with van der Waals surface area (Å²) in [5, 5.41) is 10.8. The largest absolute Gasteiger partial charge is 0.484 e. The van der Waals surface area contributed by atoms with Crippen LogP contribution in [0.1, 0.15) is 0 Å². The Morgan fingerprint density at radius 2 is 1.79 bits per heavy atom. The monoisotopic (exact) mass is 423 g/mol. The van der Waals surface area contributed by atoms with E-state index in [1.807, 2.05) is 0 Å². The molecule has 1 fully saturated rings. The predicted molar refractivity (Wildman–Crippen MR) is 100 cm³/mol. The fourth-order valence-corrected chi connectivity index (χ4v) is 4.33. The van der Waals surface area contributed by atoms with Crippen molar-refractivity contribution in [2.24, 2.45) is 0 Å². The number of nitro benzene ring substituents is 1. The maximum Gasteiger partial charge on any atom is 0.273 e. The maximum atomic E-state index is 13.3. The number of nitro groups is 1. The van der Waals surface area contributed by atoms with E-state index in [1.165, 1.54) is 45.6 Å². The Morgan fingerprint density at radius 1 is 1.10 bits per heavy atom. The minimum Gasteiger partial charge on any atom is -0.484 e. The lowest BCUT2D eigenvalue weighted by molar-refractivity contribution is -0.384. The van der Waals surface area contributed by atoms with Crippen molar-refractivity contribution in [3.8, 4) is 5.75 Å². The lowest BCUT2D eigenvalue weighted by Crippen LogP contribution is -2.51. The first-order valence-corrected chi connectivity index (χ1v) is 10.1. The molecule has 1 amide bonds. The summed E-state index contributed by atoms with van der Waals surface area (Å²) in [6.07, 6.45) is 0. The van der Waals surface area contributed by atoms with Gasteiger partial charge in [0, 0.05) is 32.2 Å². The molecule has 11 heteroatoms. The van der Waals surface area contributed by atoms with Gasteiger partial charge in [-0.3, -0.25) is 14.9 Å². The van der Waals surface area contributed by atoms with E-state index in [0.717, 1.165) is 12.1 Å². The Balaban J connectivity index is 1.55. The number of nitrogens with zero attached hydrogens (tertiary/aromatic N) is 3. The van der Waals surface area contributed by atoms with Crippen LogP contribution < -0.4 is 4.74 Å². The van der Waals surface area contributed by atoms with Crippen molar-refractivity contribution in [1.82, 2.24) is 9.21 Å². The van der Waals surface area contributed by atoms with Gasteiger partial charge < -0.3 is 9.64 Å². The van der Waals surface area contributed by atoms with Gasteiger partial charge in [-0.2, -0.15) is 4.31 Å². The van der Waals surface area contributed by atoms with Crippen molar-refractivity contribution in [2.75, 3.05) is 32.8 Å². The number of ether oxygens (including phenoxy) is 1. The molecule has 1 saturated heterocycles. The molecule has 154 valence electrons. The number of carbonyl (C=O) groups is 1. The molecule has 1 aliphatic rings. The number of rotatable bonds is 6. The number of hydrogen-bond acceptors (Lipinski definition) is 6. The summed E-state index contributed by atoms with van der Waals surface area (Å²) < 4.78 is 45.0. The summed E-state index contributed by atoms with van der Waals surface area (Å²) in [4.78, 5) is 23.8. The third-order valence-corrected chi connectivity index (χ3v) is 6.31. The number of amides is 1. The summed E-state index contributed by atoms with van der Waals surface area (Å²) in [6, 6.07) is 10.3. The summed E-state index contributed by atoms with van der Waals surface area (Å²) in [6.45, 7) is 0.137. The fourth-order valence-electron chi connectivity index (χ4n) is 2.88. The molecule has 0 unspecified atom stereocenters. The Hall–Kier alpha value is -3.05. The van der Waals surface area contributed by atoms with Crippen LogP contribution in [0.15, 0.2) is 53.4 Å². The van der Waals surface area contributed by atoms with Crippen molar-refractivity contribution in [2.45, 2.75) is 4.90 Å². The summed E-state index contributed by atoms with van der Waals surface area (Å²) in [7, 11) is -3.84. The number of non-ortho nitro benzene ring substituents is 1. The van der Waals surface area contributed by atoms with E-state index in [4.69, 9.17) is 4.74 Å². The summed E-state index contributed by atoms with van der Waals surface area (Å²) >= 11 is 0. The molecule has 0 bridgehead atoms. The molecule has 0 aliphatic carbocycles. The standard InChI is InChI=1S/C18H18FN3O6S/c19-14-3-1-6-17(11-14)29(26,27)21-9-7-20(8-10-21)18(23)13-28-16-5-2-4-15(12-16)22(24)25/h1-6,11-12H,7-10,13H2. The quantitative estimate of drug-likeness (QED) is 0.516. The van der Waals surface area contributed by atoms with Crippen molar-refractivity contribution in [3.05, 3.63) is 64.5 Å². The van der Waals surface area contributed by atoms with Crippen LogP contribution in [0.25, 0.3) is 0 Å². The molecule has 0 aromatic heterocycles. The zero-order valence-corrected chi connectivity index (χ0v) is 16.0. The van der Waals surface area contributed by atoms with E-state index in [0.29, 0.717) is 0 Å². The normalized spacial score (nSPS) is 15.1. The maximum absolute atomic E-state index is 13.3. The minimum absolute atomic E-state index is 0.0708. The molecule has 1 aliphatic heterocycles. The number of halogens is 1.